The molecule has 0 aliphatic rings. The van der Waals surface area contributed by atoms with E-state index < -0.39 is 0 Å². The lowest BCUT2D eigenvalue weighted by Gasteiger charge is -2.23. The van der Waals surface area contributed by atoms with E-state index in [1.165, 1.54) is 6.08 Å². The van der Waals surface area contributed by atoms with Crippen LogP contribution in [0.1, 0.15) is 20.8 Å². The Kier molecular flexibility index (Phi) is 5.07. The predicted molar refractivity (Wildman–Crippen MR) is 55.2 cm³/mol. The molecule has 1 amide bonds. The number of carbonyl (C=O) groups is 1. The fraction of sp³-hybridized carbons (Fsp3) is 0.500. The van der Waals surface area contributed by atoms with E-state index in [9.17, 15) is 4.79 Å². The summed E-state index contributed by atoms with van der Waals surface area (Å²) in [7, 11) is 0. The number of nitrogens with two attached hydrogens (primary N) is 1. The minimum atomic E-state index is -0.336. The summed E-state index contributed by atoms with van der Waals surface area (Å²) >= 11 is 0. The van der Waals surface area contributed by atoms with Crippen molar-refractivity contribution in [2.24, 2.45) is 5.73 Å². The molecular formula is C10H18N2O. The SMILES string of the molecule is CC=CC=CC(=O)NC(C)(C)CN. The van der Waals surface area contributed by atoms with Gasteiger partial charge >= 0.3 is 0 Å². The van der Waals surface area contributed by atoms with E-state index >= 15 is 0 Å². The van der Waals surface area contributed by atoms with Gasteiger partial charge < -0.3 is 11.1 Å². The number of nitrogens with one attached hydrogen (secondary N) is 1. The van der Waals surface area contributed by atoms with Crippen LogP contribution >= 0.6 is 0 Å². The van der Waals surface area contributed by atoms with Crippen LogP contribution in [0.2, 0.25) is 0 Å². The van der Waals surface area contributed by atoms with E-state index in [4.69, 9.17) is 5.73 Å². The van der Waals surface area contributed by atoms with Crippen molar-refractivity contribution in [2.75, 3.05) is 6.54 Å². The Morgan fingerprint density at radius 2 is 2.08 bits per heavy atom. The van der Waals surface area contributed by atoms with E-state index in [1.54, 1.807) is 12.2 Å². The molecule has 0 radical (unpaired) electrons. The van der Waals surface area contributed by atoms with Crippen LogP contribution in [0.5, 0.6) is 0 Å². The maximum Gasteiger partial charge on any atom is 0.244 e. The van der Waals surface area contributed by atoms with Gasteiger partial charge in [0, 0.05) is 18.2 Å². The van der Waals surface area contributed by atoms with Gasteiger partial charge in [-0.25, -0.2) is 0 Å². The predicted octanol–water partition coefficient (Wildman–Crippen LogP) is 0.972. The third-order valence-corrected chi connectivity index (χ3v) is 1.52. The highest BCUT2D eigenvalue weighted by atomic mass is 16.1. The van der Waals surface area contributed by atoms with Gasteiger partial charge in [0.2, 0.25) is 5.91 Å². The molecule has 0 aliphatic carbocycles. The summed E-state index contributed by atoms with van der Waals surface area (Å²) in [6, 6.07) is 0. The molecule has 3 N–H and O–H groups in total. The highest BCUT2D eigenvalue weighted by molar-refractivity contribution is 5.88. The highest BCUT2D eigenvalue weighted by Crippen LogP contribution is 1.97. The Bertz CT molecular complexity index is 217. The van der Waals surface area contributed by atoms with Crippen LogP contribution in [-0.4, -0.2) is 18.0 Å². The minimum Gasteiger partial charge on any atom is -0.346 e. The molecule has 3 nitrogen and oxygen atoms in total. The zero-order chi connectivity index (χ0) is 10.3. The maximum absolute atomic E-state index is 11.2. The first kappa shape index (κ1) is 11.9. The third-order valence-electron chi connectivity index (χ3n) is 1.52. The first-order valence-electron chi connectivity index (χ1n) is 4.33. The van der Waals surface area contributed by atoms with Gasteiger partial charge in [-0.15, -0.1) is 0 Å². The summed E-state index contributed by atoms with van der Waals surface area (Å²) in [5.41, 5.74) is 5.12. The summed E-state index contributed by atoms with van der Waals surface area (Å²) in [6.07, 6.45) is 6.84. The van der Waals surface area contributed by atoms with Gasteiger partial charge in [-0.1, -0.05) is 18.2 Å². The molecule has 0 saturated carbocycles. The summed E-state index contributed by atoms with van der Waals surface area (Å²) in [6.45, 7) is 6.09. The van der Waals surface area contributed by atoms with Gasteiger partial charge in [-0.3, -0.25) is 4.79 Å². The second kappa shape index (κ2) is 5.54. The number of hydrogen-bond acceptors (Lipinski definition) is 2. The Morgan fingerprint density at radius 3 is 2.54 bits per heavy atom. The van der Waals surface area contributed by atoms with E-state index in [1.807, 2.05) is 26.8 Å². The van der Waals surface area contributed by atoms with Crippen LogP contribution in [0.4, 0.5) is 0 Å². The van der Waals surface area contributed by atoms with Gasteiger partial charge in [0.25, 0.3) is 0 Å². The Balaban J connectivity index is 4.01. The molecule has 0 atom stereocenters. The molecule has 0 unspecified atom stereocenters. The lowest BCUT2D eigenvalue weighted by molar-refractivity contribution is -0.117. The van der Waals surface area contributed by atoms with Crippen molar-refractivity contribution in [3.8, 4) is 0 Å². The first-order chi connectivity index (χ1) is 6.02. The average molecular weight is 182 g/mol. The highest BCUT2D eigenvalue weighted by Gasteiger charge is 2.15. The van der Waals surface area contributed by atoms with E-state index in [-0.39, 0.29) is 11.4 Å². The summed E-state index contributed by atoms with van der Waals surface area (Å²) in [5, 5.41) is 2.78. The molecule has 0 bridgehead atoms. The molecule has 0 heterocycles. The second-order valence-electron chi connectivity index (χ2n) is 3.46. The molecule has 0 saturated heterocycles. The molecule has 0 spiro atoms. The lowest BCUT2D eigenvalue weighted by atomic mass is 10.1. The Morgan fingerprint density at radius 1 is 1.46 bits per heavy atom. The standard InChI is InChI=1S/C10H18N2O/c1-4-5-6-7-9(13)12-10(2,3)8-11/h4-7H,8,11H2,1-3H3,(H,12,13). The van der Waals surface area contributed by atoms with Gasteiger partial charge in [0.15, 0.2) is 0 Å². The molecule has 0 rings (SSSR count). The number of carbonyl (C=O) groups excluding carboxylic acids is 1. The number of allylic oxidation sites excluding steroid dienone is 3. The molecule has 0 aliphatic heterocycles. The number of rotatable bonds is 4. The molecule has 74 valence electrons. The topological polar surface area (TPSA) is 55.1 Å². The van der Waals surface area contributed by atoms with Crippen LogP contribution in [0, 0.1) is 0 Å². The number of amides is 1. The van der Waals surface area contributed by atoms with Crippen molar-refractivity contribution in [1.29, 1.82) is 0 Å². The Labute approximate surface area is 79.7 Å². The third kappa shape index (κ3) is 6.11. The van der Waals surface area contributed by atoms with Crippen molar-refractivity contribution in [2.45, 2.75) is 26.3 Å². The van der Waals surface area contributed by atoms with Crippen molar-refractivity contribution >= 4 is 5.91 Å². The van der Waals surface area contributed by atoms with E-state index in [0.717, 1.165) is 0 Å². The fourth-order valence-electron chi connectivity index (χ4n) is 0.680. The van der Waals surface area contributed by atoms with Crippen LogP contribution in [0.3, 0.4) is 0 Å². The smallest absolute Gasteiger partial charge is 0.244 e. The molecule has 3 heteroatoms. The minimum absolute atomic E-state index is 0.117. The molecule has 0 aromatic heterocycles. The summed E-state index contributed by atoms with van der Waals surface area (Å²) < 4.78 is 0. The van der Waals surface area contributed by atoms with Gasteiger partial charge in [0.1, 0.15) is 0 Å². The zero-order valence-electron chi connectivity index (χ0n) is 8.50. The van der Waals surface area contributed by atoms with Gasteiger partial charge in [0.05, 0.1) is 0 Å². The summed E-state index contributed by atoms with van der Waals surface area (Å²) in [5.74, 6) is -0.117. The van der Waals surface area contributed by atoms with Crippen LogP contribution < -0.4 is 11.1 Å². The normalized spacial score (nSPS) is 12.6. The van der Waals surface area contributed by atoms with Crippen molar-refractivity contribution in [1.82, 2.24) is 5.32 Å². The van der Waals surface area contributed by atoms with Crippen LogP contribution in [-0.2, 0) is 4.79 Å². The monoisotopic (exact) mass is 182 g/mol. The van der Waals surface area contributed by atoms with Crippen molar-refractivity contribution < 1.29 is 4.79 Å². The molecule has 0 aromatic rings. The lowest BCUT2D eigenvalue weighted by Crippen LogP contribution is -2.48. The quantitative estimate of drug-likeness (QED) is 0.503. The fourth-order valence-corrected chi connectivity index (χ4v) is 0.680. The second-order valence-corrected chi connectivity index (χ2v) is 3.46. The molecular weight excluding hydrogens is 164 g/mol. The zero-order valence-corrected chi connectivity index (χ0v) is 8.50. The van der Waals surface area contributed by atoms with E-state index in [2.05, 4.69) is 5.32 Å². The molecule has 0 fully saturated rings. The van der Waals surface area contributed by atoms with Gasteiger partial charge in [-0.2, -0.15) is 0 Å². The number of hydrogen-bond donors (Lipinski definition) is 2. The van der Waals surface area contributed by atoms with E-state index in [0.29, 0.717) is 6.54 Å². The molecule has 0 aromatic carbocycles. The average Bonchev–Trinajstić information content (AvgIpc) is 2.04. The maximum atomic E-state index is 11.2. The Hall–Kier alpha value is -1.09. The first-order valence-corrected chi connectivity index (χ1v) is 4.33. The van der Waals surface area contributed by atoms with Crippen LogP contribution in [0.25, 0.3) is 0 Å². The van der Waals surface area contributed by atoms with Gasteiger partial charge in [-0.05, 0) is 20.8 Å². The van der Waals surface area contributed by atoms with Crippen LogP contribution in [0.15, 0.2) is 24.3 Å². The largest absolute Gasteiger partial charge is 0.346 e. The van der Waals surface area contributed by atoms with Crippen molar-refractivity contribution in [3.63, 3.8) is 0 Å². The summed E-state index contributed by atoms with van der Waals surface area (Å²) in [4.78, 5) is 11.2. The molecule has 13 heavy (non-hydrogen) atoms. The van der Waals surface area contributed by atoms with Crippen molar-refractivity contribution in [3.05, 3.63) is 24.3 Å².